The molecule has 3 atom stereocenters. The summed E-state index contributed by atoms with van der Waals surface area (Å²) in [6, 6.07) is 7.50. The molecule has 1 fully saturated rings. The van der Waals surface area contributed by atoms with E-state index in [-0.39, 0.29) is 6.04 Å². The van der Waals surface area contributed by atoms with Gasteiger partial charge in [-0.2, -0.15) is 0 Å². The third kappa shape index (κ3) is 4.29. The lowest BCUT2D eigenvalue weighted by atomic mass is 10.00. The highest BCUT2D eigenvalue weighted by Gasteiger charge is 2.30. The second-order valence-electron chi connectivity index (χ2n) is 7.08. The van der Waals surface area contributed by atoms with Crippen LogP contribution in [0.15, 0.2) is 18.2 Å². The molecule has 0 aliphatic carbocycles. The van der Waals surface area contributed by atoms with Gasteiger partial charge < -0.3 is 15.5 Å². The zero-order chi connectivity index (χ0) is 15.6. The third-order valence-corrected chi connectivity index (χ3v) is 4.74. The molecule has 3 nitrogen and oxygen atoms in total. The van der Waals surface area contributed by atoms with Crippen molar-refractivity contribution >= 4 is 0 Å². The van der Waals surface area contributed by atoms with E-state index in [9.17, 15) is 0 Å². The van der Waals surface area contributed by atoms with Crippen molar-refractivity contribution in [3.63, 3.8) is 0 Å². The lowest BCUT2D eigenvalue weighted by Gasteiger charge is -2.23. The number of nitrogens with two attached hydrogens (primary N) is 1. The molecule has 118 valence electrons. The third-order valence-electron chi connectivity index (χ3n) is 4.74. The smallest absolute Gasteiger partial charge is 0.0307 e. The first-order chi connectivity index (χ1) is 9.86. The summed E-state index contributed by atoms with van der Waals surface area (Å²) in [5.74, 6) is 0.748. The number of benzene rings is 1. The van der Waals surface area contributed by atoms with Crippen LogP contribution < -0.4 is 5.73 Å². The van der Waals surface area contributed by atoms with E-state index in [4.69, 9.17) is 5.73 Å². The maximum Gasteiger partial charge on any atom is 0.0307 e. The highest BCUT2D eigenvalue weighted by atomic mass is 15.2. The Labute approximate surface area is 130 Å². The molecule has 1 saturated heterocycles. The molecular formula is C18H31N3. The van der Waals surface area contributed by atoms with Gasteiger partial charge in [0.2, 0.25) is 0 Å². The van der Waals surface area contributed by atoms with E-state index in [0.717, 1.165) is 18.9 Å². The van der Waals surface area contributed by atoms with E-state index in [0.29, 0.717) is 6.04 Å². The van der Waals surface area contributed by atoms with Gasteiger partial charge in [0.05, 0.1) is 0 Å². The van der Waals surface area contributed by atoms with Crippen LogP contribution in [0.3, 0.4) is 0 Å². The molecule has 3 unspecified atom stereocenters. The van der Waals surface area contributed by atoms with E-state index >= 15 is 0 Å². The average molecular weight is 289 g/mol. The standard InChI is InChI=1S/C18H31N3/c1-13-8-14(2)10-16(9-13)17(19)6-7-21-11-15(3)18(12-21)20(4)5/h8-10,15,17-18H,6-7,11-12,19H2,1-5H3. The van der Waals surface area contributed by atoms with E-state index in [1.54, 1.807) is 0 Å². The van der Waals surface area contributed by atoms with E-state index in [1.807, 2.05) is 0 Å². The first-order valence-corrected chi connectivity index (χ1v) is 8.09. The zero-order valence-corrected chi connectivity index (χ0v) is 14.3. The average Bonchev–Trinajstić information content (AvgIpc) is 2.76. The number of rotatable bonds is 5. The normalized spacial score (nSPS) is 24.7. The number of likely N-dealkylation sites (N-methyl/N-ethyl adjacent to an activating group) is 1. The Hall–Kier alpha value is -0.900. The Morgan fingerprint density at radius 3 is 2.33 bits per heavy atom. The van der Waals surface area contributed by atoms with Crippen molar-refractivity contribution in [1.82, 2.24) is 9.80 Å². The molecule has 0 saturated carbocycles. The molecule has 21 heavy (non-hydrogen) atoms. The van der Waals surface area contributed by atoms with Gasteiger partial charge in [0, 0.05) is 31.7 Å². The molecule has 0 amide bonds. The largest absolute Gasteiger partial charge is 0.324 e. The predicted octanol–water partition coefficient (Wildman–Crippen LogP) is 2.58. The van der Waals surface area contributed by atoms with Gasteiger partial charge in [0.15, 0.2) is 0 Å². The summed E-state index contributed by atoms with van der Waals surface area (Å²) in [7, 11) is 4.37. The van der Waals surface area contributed by atoms with E-state index in [2.05, 4.69) is 62.9 Å². The van der Waals surface area contributed by atoms with Gasteiger partial charge in [0.1, 0.15) is 0 Å². The number of hydrogen-bond donors (Lipinski definition) is 1. The van der Waals surface area contributed by atoms with Gasteiger partial charge in [-0.15, -0.1) is 0 Å². The van der Waals surface area contributed by atoms with Gasteiger partial charge in [-0.1, -0.05) is 36.2 Å². The highest BCUT2D eigenvalue weighted by molar-refractivity contribution is 5.30. The van der Waals surface area contributed by atoms with Crippen molar-refractivity contribution in [2.75, 3.05) is 33.7 Å². The molecular weight excluding hydrogens is 258 g/mol. The van der Waals surface area contributed by atoms with E-state index in [1.165, 1.54) is 29.8 Å². The molecule has 1 aromatic rings. The summed E-state index contributed by atoms with van der Waals surface area (Å²) >= 11 is 0. The van der Waals surface area contributed by atoms with Gasteiger partial charge in [-0.05, 0) is 45.8 Å². The van der Waals surface area contributed by atoms with Crippen molar-refractivity contribution in [3.8, 4) is 0 Å². The summed E-state index contributed by atoms with van der Waals surface area (Å²) in [4.78, 5) is 4.92. The van der Waals surface area contributed by atoms with Crippen molar-refractivity contribution in [2.45, 2.75) is 39.3 Å². The fraction of sp³-hybridized carbons (Fsp3) is 0.667. The molecule has 0 radical (unpaired) electrons. The molecule has 1 aliphatic heterocycles. The Balaban J connectivity index is 1.88. The first kappa shape index (κ1) is 16.5. The van der Waals surface area contributed by atoms with Crippen LogP contribution in [-0.4, -0.2) is 49.6 Å². The number of likely N-dealkylation sites (tertiary alicyclic amines) is 1. The SMILES string of the molecule is Cc1cc(C)cc(C(N)CCN2CC(C)C(N(C)C)C2)c1. The van der Waals surface area contributed by atoms with Crippen LogP contribution in [0.4, 0.5) is 0 Å². The summed E-state index contributed by atoms with van der Waals surface area (Å²) in [6.07, 6.45) is 1.04. The molecule has 1 heterocycles. The van der Waals surface area contributed by atoms with E-state index < -0.39 is 0 Å². The second-order valence-corrected chi connectivity index (χ2v) is 7.08. The Bertz CT molecular complexity index is 449. The van der Waals surface area contributed by atoms with Crippen LogP contribution in [0.2, 0.25) is 0 Å². The van der Waals surface area contributed by atoms with Crippen molar-refractivity contribution in [3.05, 3.63) is 34.9 Å². The van der Waals surface area contributed by atoms with Gasteiger partial charge in [0.25, 0.3) is 0 Å². The summed E-state index contributed by atoms with van der Waals surface area (Å²) in [6.45, 7) is 10.1. The summed E-state index contributed by atoms with van der Waals surface area (Å²) in [5.41, 5.74) is 10.3. The number of aryl methyl sites for hydroxylation is 2. The molecule has 0 bridgehead atoms. The highest BCUT2D eigenvalue weighted by Crippen LogP contribution is 2.23. The quantitative estimate of drug-likeness (QED) is 0.904. The lowest BCUT2D eigenvalue weighted by molar-refractivity contribution is 0.250. The molecule has 1 aromatic carbocycles. The topological polar surface area (TPSA) is 32.5 Å². The van der Waals surface area contributed by atoms with Gasteiger partial charge in [-0.25, -0.2) is 0 Å². The summed E-state index contributed by atoms with van der Waals surface area (Å²) in [5, 5.41) is 0. The predicted molar refractivity (Wildman–Crippen MR) is 90.5 cm³/mol. The van der Waals surface area contributed by atoms with Crippen LogP contribution in [0.1, 0.15) is 36.1 Å². The van der Waals surface area contributed by atoms with Gasteiger partial charge >= 0.3 is 0 Å². The monoisotopic (exact) mass is 289 g/mol. The Kier molecular flexibility index (Phi) is 5.42. The summed E-state index contributed by atoms with van der Waals surface area (Å²) < 4.78 is 0. The molecule has 3 heteroatoms. The van der Waals surface area contributed by atoms with Crippen LogP contribution >= 0.6 is 0 Å². The van der Waals surface area contributed by atoms with Crippen LogP contribution in [0.25, 0.3) is 0 Å². The Morgan fingerprint density at radius 1 is 1.19 bits per heavy atom. The zero-order valence-electron chi connectivity index (χ0n) is 14.3. The minimum atomic E-state index is 0.150. The fourth-order valence-corrected chi connectivity index (χ4v) is 3.62. The minimum absolute atomic E-state index is 0.150. The van der Waals surface area contributed by atoms with Gasteiger partial charge in [-0.3, -0.25) is 0 Å². The van der Waals surface area contributed by atoms with Crippen molar-refractivity contribution < 1.29 is 0 Å². The van der Waals surface area contributed by atoms with Crippen LogP contribution in [0.5, 0.6) is 0 Å². The molecule has 2 N–H and O–H groups in total. The first-order valence-electron chi connectivity index (χ1n) is 8.09. The number of hydrogen-bond acceptors (Lipinski definition) is 3. The van der Waals surface area contributed by atoms with Crippen molar-refractivity contribution in [1.29, 1.82) is 0 Å². The fourth-order valence-electron chi connectivity index (χ4n) is 3.62. The second kappa shape index (κ2) is 6.91. The molecule has 1 aliphatic rings. The molecule has 0 aromatic heterocycles. The minimum Gasteiger partial charge on any atom is -0.324 e. The molecule has 0 spiro atoms. The van der Waals surface area contributed by atoms with Crippen LogP contribution in [-0.2, 0) is 0 Å². The molecule has 2 rings (SSSR count). The number of nitrogens with zero attached hydrogens (tertiary/aromatic N) is 2. The maximum atomic E-state index is 6.40. The van der Waals surface area contributed by atoms with Crippen molar-refractivity contribution in [2.24, 2.45) is 11.7 Å². The Morgan fingerprint density at radius 2 is 1.81 bits per heavy atom. The lowest BCUT2D eigenvalue weighted by Crippen LogP contribution is -2.34. The maximum absolute atomic E-state index is 6.40. The van der Waals surface area contributed by atoms with Crippen LogP contribution in [0, 0.1) is 19.8 Å².